The summed E-state index contributed by atoms with van der Waals surface area (Å²) >= 11 is 0. The van der Waals surface area contributed by atoms with Crippen molar-refractivity contribution in [1.29, 1.82) is 0 Å². The van der Waals surface area contributed by atoms with E-state index >= 15 is 4.39 Å². The molecule has 2 aliphatic rings. The molecule has 0 saturated carbocycles. The highest BCUT2D eigenvalue weighted by Crippen LogP contribution is 2.31. The number of carbonyl (C=O) groups is 1. The van der Waals surface area contributed by atoms with Gasteiger partial charge in [0.2, 0.25) is 0 Å². The van der Waals surface area contributed by atoms with Crippen molar-refractivity contribution in [2.24, 2.45) is 0 Å². The lowest BCUT2D eigenvalue weighted by Crippen LogP contribution is -2.36. The predicted octanol–water partition coefficient (Wildman–Crippen LogP) is 5.00. The number of halogens is 2. The second-order valence-electron chi connectivity index (χ2n) is 10.4. The van der Waals surface area contributed by atoms with Crippen LogP contribution in [0.5, 0.6) is 17.2 Å². The summed E-state index contributed by atoms with van der Waals surface area (Å²) in [6, 6.07) is 13.0. The number of carbonyl (C=O) groups excluding carboxylic acids is 1. The molecule has 0 spiro atoms. The highest BCUT2D eigenvalue weighted by atomic mass is 19.1. The Hall–Kier alpha value is -4.77. The van der Waals surface area contributed by atoms with Gasteiger partial charge in [0.1, 0.15) is 28.7 Å². The molecule has 2 aromatic heterocycles. The third-order valence-electron chi connectivity index (χ3n) is 7.41. The summed E-state index contributed by atoms with van der Waals surface area (Å²) in [6.07, 6.45) is 5.70. The first-order chi connectivity index (χ1) is 20.3. The van der Waals surface area contributed by atoms with Crippen LogP contribution in [-0.4, -0.2) is 53.1 Å². The summed E-state index contributed by atoms with van der Waals surface area (Å²) in [5.74, 6) is -0.679. The van der Waals surface area contributed by atoms with E-state index in [9.17, 15) is 14.0 Å². The molecule has 11 heteroatoms. The molecule has 216 valence electrons. The summed E-state index contributed by atoms with van der Waals surface area (Å²) in [5, 5.41) is 6.01. The van der Waals surface area contributed by atoms with Crippen molar-refractivity contribution in [3.8, 4) is 22.9 Å². The van der Waals surface area contributed by atoms with Crippen molar-refractivity contribution in [3.05, 3.63) is 100 Å². The van der Waals surface area contributed by atoms with E-state index < -0.39 is 23.1 Å². The molecule has 42 heavy (non-hydrogen) atoms. The number of nitrogens with one attached hydrogen (secondary N) is 2. The number of hydrogen-bond acceptors (Lipinski definition) is 7. The Labute approximate surface area is 240 Å². The number of nitrogens with zero attached hydrogens (tertiary/aromatic N) is 3. The molecule has 1 amide bonds. The van der Waals surface area contributed by atoms with Gasteiger partial charge in [0.25, 0.3) is 11.5 Å². The van der Waals surface area contributed by atoms with Crippen LogP contribution < -0.4 is 25.7 Å². The molecule has 2 N–H and O–H groups in total. The van der Waals surface area contributed by atoms with Crippen LogP contribution in [-0.2, 0) is 6.42 Å². The second-order valence-corrected chi connectivity index (χ2v) is 10.4. The number of ether oxygens (including phenoxy) is 2. The van der Waals surface area contributed by atoms with Gasteiger partial charge in [0.15, 0.2) is 11.6 Å². The highest BCUT2D eigenvalue weighted by Gasteiger charge is 2.27. The number of anilines is 2. The van der Waals surface area contributed by atoms with E-state index in [2.05, 4.69) is 27.6 Å². The minimum Gasteiger partial charge on any atom is -0.492 e. The molecule has 6 rings (SSSR count). The number of hydrogen-bond donors (Lipinski definition) is 2. The Balaban J connectivity index is 1.18. The molecule has 1 saturated heterocycles. The third-order valence-corrected chi connectivity index (χ3v) is 7.41. The second kappa shape index (κ2) is 11.6. The zero-order valence-electron chi connectivity index (χ0n) is 22.9. The van der Waals surface area contributed by atoms with Crippen molar-refractivity contribution in [2.45, 2.75) is 25.3 Å². The third kappa shape index (κ3) is 5.82. The van der Waals surface area contributed by atoms with Gasteiger partial charge in [-0.15, -0.1) is 0 Å². The van der Waals surface area contributed by atoms with E-state index in [0.717, 1.165) is 32.0 Å². The maximum absolute atomic E-state index is 15.1. The maximum Gasteiger partial charge on any atom is 0.271 e. The summed E-state index contributed by atoms with van der Waals surface area (Å²) in [5.41, 5.74) is 0.353. The van der Waals surface area contributed by atoms with Gasteiger partial charge >= 0.3 is 0 Å². The number of benzene rings is 2. The zero-order valence-corrected chi connectivity index (χ0v) is 22.9. The molecule has 4 heterocycles. The van der Waals surface area contributed by atoms with Gasteiger partial charge in [0, 0.05) is 53.9 Å². The number of aromatic nitrogens is 2. The van der Waals surface area contributed by atoms with E-state index in [0.29, 0.717) is 41.9 Å². The molecule has 2 aromatic carbocycles. The lowest BCUT2D eigenvalue weighted by molar-refractivity contribution is 0.102. The average Bonchev–Trinajstić information content (AvgIpc) is 3.44. The number of likely N-dealkylation sites (tertiary alicyclic amines) is 1. The Bertz CT molecular complexity index is 1680. The van der Waals surface area contributed by atoms with Crippen LogP contribution in [0.15, 0.2) is 71.8 Å². The van der Waals surface area contributed by atoms with Crippen LogP contribution in [0, 0.1) is 11.6 Å². The number of piperidine rings is 1. The van der Waals surface area contributed by atoms with Gasteiger partial charge in [-0.1, -0.05) is 0 Å². The molecule has 1 fully saturated rings. The molecular formula is C31H29F2N5O4. The van der Waals surface area contributed by atoms with Crippen LogP contribution >= 0.6 is 0 Å². The first kappa shape index (κ1) is 27.4. The lowest BCUT2D eigenvalue weighted by Gasteiger charge is -2.29. The Morgan fingerprint density at radius 3 is 2.62 bits per heavy atom. The SMILES string of the molecule is CN1CCC(Nc2cc(Oc3ccc(NC(=O)c4c5c(cn(-c6ccc(F)cc6)c4=O)CCO5)cc3F)ccn2)CC1. The van der Waals surface area contributed by atoms with Gasteiger partial charge < -0.3 is 25.0 Å². The summed E-state index contributed by atoms with van der Waals surface area (Å²) < 4.78 is 41.2. The minimum absolute atomic E-state index is 0.0351. The molecular weight excluding hydrogens is 544 g/mol. The zero-order chi connectivity index (χ0) is 29.2. The molecule has 0 aliphatic carbocycles. The van der Waals surface area contributed by atoms with Crippen molar-refractivity contribution in [1.82, 2.24) is 14.5 Å². The normalized spacial score (nSPS) is 15.1. The van der Waals surface area contributed by atoms with Crippen LogP contribution in [0.4, 0.5) is 20.3 Å². The molecule has 9 nitrogen and oxygen atoms in total. The van der Waals surface area contributed by atoms with Crippen LogP contribution in [0.25, 0.3) is 5.69 Å². The number of amides is 1. The van der Waals surface area contributed by atoms with Crippen molar-refractivity contribution in [3.63, 3.8) is 0 Å². The number of fused-ring (bicyclic) bond motifs is 1. The predicted molar refractivity (Wildman–Crippen MR) is 154 cm³/mol. The fourth-order valence-corrected chi connectivity index (χ4v) is 5.15. The molecule has 0 bridgehead atoms. The van der Waals surface area contributed by atoms with Gasteiger partial charge in [-0.25, -0.2) is 13.8 Å². The number of rotatable bonds is 7. The quantitative estimate of drug-likeness (QED) is 0.321. The molecule has 0 atom stereocenters. The largest absolute Gasteiger partial charge is 0.492 e. The van der Waals surface area contributed by atoms with E-state index in [1.165, 1.54) is 41.0 Å². The van der Waals surface area contributed by atoms with Crippen molar-refractivity contribution in [2.75, 3.05) is 37.4 Å². The summed E-state index contributed by atoms with van der Waals surface area (Å²) in [4.78, 5) is 33.3. The monoisotopic (exact) mass is 573 g/mol. The topological polar surface area (TPSA) is 97.7 Å². The highest BCUT2D eigenvalue weighted by molar-refractivity contribution is 6.06. The molecule has 2 aliphatic heterocycles. The number of pyridine rings is 2. The average molecular weight is 574 g/mol. The van der Waals surface area contributed by atoms with E-state index in [1.54, 1.807) is 24.5 Å². The van der Waals surface area contributed by atoms with Gasteiger partial charge in [-0.05, 0) is 75.4 Å². The Morgan fingerprint density at radius 1 is 1.07 bits per heavy atom. The Kier molecular flexibility index (Phi) is 7.58. The van der Waals surface area contributed by atoms with Crippen LogP contribution in [0.1, 0.15) is 28.8 Å². The van der Waals surface area contributed by atoms with Gasteiger partial charge in [-0.2, -0.15) is 0 Å². The van der Waals surface area contributed by atoms with E-state index in [1.807, 2.05) is 0 Å². The van der Waals surface area contributed by atoms with E-state index in [-0.39, 0.29) is 22.7 Å². The van der Waals surface area contributed by atoms with Gasteiger partial charge in [-0.3, -0.25) is 14.2 Å². The smallest absolute Gasteiger partial charge is 0.271 e. The molecule has 4 aromatic rings. The first-order valence-electron chi connectivity index (χ1n) is 13.7. The minimum atomic E-state index is -0.749. The van der Waals surface area contributed by atoms with Crippen LogP contribution in [0.3, 0.4) is 0 Å². The first-order valence-corrected chi connectivity index (χ1v) is 13.7. The molecule has 0 radical (unpaired) electrons. The van der Waals surface area contributed by atoms with Crippen molar-refractivity contribution < 1.29 is 23.0 Å². The van der Waals surface area contributed by atoms with Crippen molar-refractivity contribution >= 4 is 17.4 Å². The summed E-state index contributed by atoms with van der Waals surface area (Å²) in [7, 11) is 2.10. The summed E-state index contributed by atoms with van der Waals surface area (Å²) in [6.45, 7) is 2.33. The standard InChI is InChI=1S/C31H29F2N5O4/c1-37-13-9-21(10-14-37)35-27-17-24(8-12-34-27)42-26-7-4-22(16-25(26)33)36-30(39)28-29-19(11-15-41-29)18-38(31(28)40)23-5-2-20(32)3-6-23/h2-8,12,16-18,21H,9-11,13-15H2,1H3,(H,34,35)(H,36,39). The van der Waals surface area contributed by atoms with Crippen LogP contribution in [0.2, 0.25) is 0 Å². The Morgan fingerprint density at radius 2 is 1.86 bits per heavy atom. The van der Waals surface area contributed by atoms with E-state index in [4.69, 9.17) is 9.47 Å². The van der Waals surface area contributed by atoms with Gasteiger partial charge in [0.05, 0.1) is 6.61 Å². The fraction of sp³-hybridized carbons (Fsp3) is 0.258. The lowest BCUT2D eigenvalue weighted by atomic mass is 10.1. The maximum atomic E-state index is 15.1. The fourth-order valence-electron chi connectivity index (χ4n) is 5.15. The molecule has 0 unspecified atom stereocenters.